The molecule has 0 aromatic carbocycles. The second-order valence-electron chi connectivity index (χ2n) is 4.60. The maximum Gasteiger partial charge on any atom is 0.0245 e. The summed E-state index contributed by atoms with van der Waals surface area (Å²) in [4.78, 5) is 4.88. The van der Waals surface area contributed by atoms with Crippen LogP contribution in [-0.2, 0) is 0 Å². The van der Waals surface area contributed by atoms with Gasteiger partial charge in [0, 0.05) is 31.7 Å². The van der Waals surface area contributed by atoms with E-state index in [1.165, 1.54) is 38.8 Å². The highest BCUT2D eigenvalue weighted by atomic mass is 15.3. The topological polar surface area (TPSA) is 6.48 Å². The van der Waals surface area contributed by atoms with E-state index >= 15 is 0 Å². The third kappa shape index (κ3) is 1.89. The molecule has 2 fully saturated rings. The number of likely N-dealkylation sites (N-methyl/N-ethyl adjacent to an activating group) is 1. The average Bonchev–Trinajstić information content (AvgIpc) is 2.54. The van der Waals surface area contributed by atoms with Crippen molar-refractivity contribution in [2.75, 3.05) is 33.2 Å². The van der Waals surface area contributed by atoms with E-state index in [4.69, 9.17) is 6.92 Å². The second kappa shape index (κ2) is 3.58. The summed E-state index contributed by atoms with van der Waals surface area (Å²) in [5.41, 5.74) is 0.0568. The van der Waals surface area contributed by atoms with Crippen LogP contribution >= 0.6 is 0 Å². The normalized spacial score (nSPS) is 30.9. The Balaban J connectivity index is 1.93. The minimum absolute atomic E-state index is 0.0568. The maximum atomic E-state index is 6.39. The van der Waals surface area contributed by atoms with Crippen LogP contribution in [0.1, 0.15) is 25.7 Å². The van der Waals surface area contributed by atoms with Crippen LogP contribution in [0.15, 0.2) is 0 Å². The van der Waals surface area contributed by atoms with Gasteiger partial charge in [0.15, 0.2) is 0 Å². The first-order chi connectivity index (χ1) is 6.21. The molecule has 0 spiro atoms. The predicted octanol–water partition coefficient (Wildman–Crippen LogP) is 1.26. The molecule has 1 saturated heterocycles. The van der Waals surface area contributed by atoms with Gasteiger partial charge in [0.2, 0.25) is 0 Å². The lowest BCUT2D eigenvalue weighted by atomic mass is 9.97. The van der Waals surface area contributed by atoms with Crippen molar-refractivity contribution < 1.29 is 0 Å². The van der Waals surface area contributed by atoms with Gasteiger partial charge in [0.1, 0.15) is 0 Å². The number of piperazine rings is 1. The summed E-state index contributed by atoms with van der Waals surface area (Å²) in [5, 5.41) is 0. The fourth-order valence-electron chi connectivity index (χ4n) is 2.56. The maximum absolute atomic E-state index is 6.39. The van der Waals surface area contributed by atoms with Gasteiger partial charge in [0.05, 0.1) is 0 Å². The zero-order chi connectivity index (χ0) is 9.31. The van der Waals surface area contributed by atoms with Crippen molar-refractivity contribution in [2.24, 2.45) is 0 Å². The van der Waals surface area contributed by atoms with Gasteiger partial charge in [-0.2, -0.15) is 0 Å². The lowest BCUT2D eigenvalue weighted by Crippen LogP contribution is -2.54. The monoisotopic (exact) mass is 180 g/mol. The lowest BCUT2D eigenvalue weighted by Gasteiger charge is -2.43. The van der Waals surface area contributed by atoms with E-state index in [9.17, 15) is 0 Å². The van der Waals surface area contributed by atoms with E-state index in [-0.39, 0.29) is 5.54 Å². The van der Waals surface area contributed by atoms with Crippen molar-refractivity contribution in [3.63, 3.8) is 0 Å². The highest BCUT2D eigenvalue weighted by molar-refractivity contribution is 4.98. The Kier molecular flexibility index (Phi) is 2.61. The van der Waals surface area contributed by atoms with Crippen molar-refractivity contribution in [3.8, 4) is 0 Å². The number of rotatable bonds is 1. The third-order valence-corrected chi connectivity index (χ3v) is 3.60. The molecular formula is C11H20N2. The molecule has 2 rings (SSSR count). The molecule has 0 bridgehead atoms. The summed E-state index contributed by atoms with van der Waals surface area (Å²) in [6.45, 7) is 11.1. The Morgan fingerprint density at radius 2 is 1.54 bits per heavy atom. The van der Waals surface area contributed by atoms with Crippen molar-refractivity contribution in [2.45, 2.75) is 31.2 Å². The Bertz CT molecular complexity index is 165. The van der Waals surface area contributed by atoms with Gasteiger partial charge in [0.25, 0.3) is 0 Å². The van der Waals surface area contributed by atoms with Crippen LogP contribution < -0.4 is 0 Å². The summed E-state index contributed by atoms with van der Waals surface area (Å²) in [6, 6.07) is 0. The number of nitrogens with zero attached hydrogens (tertiary/aromatic N) is 2. The van der Waals surface area contributed by atoms with Crippen molar-refractivity contribution in [1.29, 1.82) is 0 Å². The average molecular weight is 180 g/mol. The molecule has 1 aliphatic heterocycles. The molecule has 0 aromatic heterocycles. The first-order valence-corrected chi connectivity index (χ1v) is 5.43. The van der Waals surface area contributed by atoms with Gasteiger partial charge >= 0.3 is 0 Å². The zero-order valence-corrected chi connectivity index (χ0v) is 8.63. The minimum atomic E-state index is 0.0568. The molecule has 0 atom stereocenters. The van der Waals surface area contributed by atoms with Crippen molar-refractivity contribution >= 4 is 0 Å². The predicted molar refractivity (Wildman–Crippen MR) is 54.6 cm³/mol. The van der Waals surface area contributed by atoms with Crippen LogP contribution in [0.2, 0.25) is 0 Å². The van der Waals surface area contributed by atoms with Crippen molar-refractivity contribution in [3.05, 3.63) is 6.92 Å². The number of hydrogen-bond acceptors (Lipinski definition) is 2. The SMILES string of the molecule is [CH]C1(N2CCN(C)CC2)CCCC1. The first kappa shape index (κ1) is 9.47. The molecule has 2 radical (unpaired) electrons. The Morgan fingerprint density at radius 3 is 2.08 bits per heavy atom. The Morgan fingerprint density at radius 1 is 1.00 bits per heavy atom. The first-order valence-electron chi connectivity index (χ1n) is 5.43. The molecule has 0 N–H and O–H groups in total. The van der Waals surface area contributed by atoms with Crippen LogP contribution in [0.3, 0.4) is 0 Å². The van der Waals surface area contributed by atoms with E-state index in [0.717, 1.165) is 13.1 Å². The molecular weight excluding hydrogens is 160 g/mol. The zero-order valence-electron chi connectivity index (χ0n) is 8.63. The van der Waals surface area contributed by atoms with Gasteiger partial charge in [-0.3, -0.25) is 4.90 Å². The summed E-state index contributed by atoms with van der Waals surface area (Å²) in [5.74, 6) is 0. The second-order valence-corrected chi connectivity index (χ2v) is 4.60. The van der Waals surface area contributed by atoms with E-state index in [0.29, 0.717) is 0 Å². The molecule has 2 heteroatoms. The lowest BCUT2D eigenvalue weighted by molar-refractivity contribution is 0.0710. The largest absolute Gasteiger partial charge is 0.304 e. The summed E-state index contributed by atoms with van der Waals surface area (Å²) in [6.07, 6.45) is 5.05. The van der Waals surface area contributed by atoms with Crippen LogP contribution in [-0.4, -0.2) is 48.6 Å². The summed E-state index contributed by atoms with van der Waals surface area (Å²) >= 11 is 0. The molecule has 0 unspecified atom stereocenters. The fraction of sp³-hybridized carbons (Fsp3) is 0.909. The molecule has 74 valence electrons. The van der Waals surface area contributed by atoms with Gasteiger partial charge < -0.3 is 4.90 Å². The quantitative estimate of drug-likeness (QED) is 0.599. The third-order valence-electron chi connectivity index (χ3n) is 3.60. The van der Waals surface area contributed by atoms with E-state index < -0.39 is 0 Å². The highest BCUT2D eigenvalue weighted by Gasteiger charge is 2.36. The van der Waals surface area contributed by atoms with Crippen molar-refractivity contribution in [1.82, 2.24) is 9.80 Å². The molecule has 2 nitrogen and oxygen atoms in total. The van der Waals surface area contributed by atoms with Crippen LogP contribution in [0.25, 0.3) is 0 Å². The standard InChI is InChI=1S/C11H20N2/c1-11(5-3-4-6-11)13-9-7-12(2)8-10-13/h1H,3-10H2,2H3. The summed E-state index contributed by atoms with van der Waals surface area (Å²) in [7, 11) is 2.19. The molecule has 1 heterocycles. The summed E-state index contributed by atoms with van der Waals surface area (Å²) < 4.78 is 0. The molecule has 0 aromatic rings. The number of hydrogen-bond donors (Lipinski definition) is 0. The smallest absolute Gasteiger partial charge is 0.0245 e. The van der Waals surface area contributed by atoms with Crippen LogP contribution in [0.4, 0.5) is 0 Å². The van der Waals surface area contributed by atoms with E-state index in [1.54, 1.807) is 0 Å². The van der Waals surface area contributed by atoms with Gasteiger partial charge in [-0.05, 0) is 26.8 Å². The molecule has 13 heavy (non-hydrogen) atoms. The fourth-order valence-corrected chi connectivity index (χ4v) is 2.56. The highest BCUT2D eigenvalue weighted by Crippen LogP contribution is 2.34. The Labute approximate surface area is 81.9 Å². The van der Waals surface area contributed by atoms with Crippen LogP contribution in [0.5, 0.6) is 0 Å². The molecule has 1 aliphatic carbocycles. The van der Waals surface area contributed by atoms with Gasteiger partial charge in [-0.15, -0.1) is 0 Å². The molecule has 2 aliphatic rings. The van der Waals surface area contributed by atoms with Gasteiger partial charge in [-0.1, -0.05) is 12.8 Å². The molecule has 1 saturated carbocycles. The van der Waals surface area contributed by atoms with E-state index in [1.807, 2.05) is 0 Å². The van der Waals surface area contributed by atoms with Gasteiger partial charge in [-0.25, -0.2) is 0 Å². The Hall–Kier alpha value is -0.0800. The minimum Gasteiger partial charge on any atom is -0.304 e. The van der Waals surface area contributed by atoms with E-state index in [2.05, 4.69) is 16.8 Å². The molecule has 0 amide bonds. The van der Waals surface area contributed by atoms with Crippen LogP contribution in [0, 0.1) is 6.92 Å².